The summed E-state index contributed by atoms with van der Waals surface area (Å²) < 4.78 is 0. The Morgan fingerprint density at radius 3 is 2.85 bits per heavy atom. The number of nitrogens with one attached hydrogen (secondary N) is 2. The molecule has 0 radical (unpaired) electrons. The van der Waals surface area contributed by atoms with Crippen molar-refractivity contribution in [2.45, 2.75) is 37.8 Å². The van der Waals surface area contributed by atoms with Crippen LogP contribution in [-0.4, -0.2) is 50.5 Å². The van der Waals surface area contributed by atoms with E-state index in [1.165, 1.54) is 25.7 Å². The van der Waals surface area contributed by atoms with Gasteiger partial charge in [0.05, 0.1) is 6.33 Å². The molecule has 2 aromatic rings. The molecular weight excluding hydrogens is 252 g/mol. The zero-order chi connectivity index (χ0) is 13.5. The average Bonchev–Trinajstić information content (AvgIpc) is 2.99. The maximum absolute atomic E-state index is 4.33. The Hall–Kier alpha value is -1.69. The maximum Gasteiger partial charge on any atom is 0.182 e. The molecule has 106 valence electrons. The highest BCUT2D eigenvalue weighted by atomic mass is 15.2. The van der Waals surface area contributed by atoms with Crippen LogP contribution in [0.3, 0.4) is 0 Å². The van der Waals surface area contributed by atoms with E-state index < -0.39 is 0 Å². The van der Waals surface area contributed by atoms with Gasteiger partial charge >= 0.3 is 0 Å². The second kappa shape index (κ2) is 4.70. The molecule has 2 aliphatic heterocycles. The van der Waals surface area contributed by atoms with Gasteiger partial charge in [0.2, 0.25) is 0 Å². The van der Waals surface area contributed by atoms with Gasteiger partial charge in [-0.15, -0.1) is 0 Å². The minimum absolute atomic E-state index is 0.728. The predicted molar refractivity (Wildman–Crippen MR) is 77.5 cm³/mol. The zero-order valence-electron chi connectivity index (χ0n) is 11.7. The SMILES string of the molecule is CN1C2CCC1CC(CNc1ncnc3nc[nH]c13)C2. The molecule has 20 heavy (non-hydrogen) atoms. The number of anilines is 1. The molecule has 0 aromatic carbocycles. The summed E-state index contributed by atoms with van der Waals surface area (Å²) in [5.74, 6) is 1.62. The molecule has 2 aromatic heterocycles. The van der Waals surface area contributed by atoms with Crippen LogP contribution < -0.4 is 5.32 Å². The van der Waals surface area contributed by atoms with Crippen LogP contribution in [0.5, 0.6) is 0 Å². The van der Waals surface area contributed by atoms with E-state index >= 15 is 0 Å². The fraction of sp³-hybridized carbons (Fsp3) is 0.643. The smallest absolute Gasteiger partial charge is 0.182 e. The second-order valence-corrected chi connectivity index (χ2v) is 6.09. The van der Waals surface area contributed by atoms with Crippen LogP contribution >= 0.6 is 0 Å². The molecule has 2 atom stereocenters. The number of hydrogen-bond donors (Lipinski definition) is 2. The van der Waals surface area contributed by atoms with E-state index in [-0.39, 0.29) is 0 Å². The van der Waals surface area contributed by atoms with E-state index in [1.54, 1.807) is 12.7 Å². The Labute approximate surface area is 118 Å². The number of fused-ring (bicyclic) bond motifs is 3. The molecule has 0 saturated carbocycles. The standard InChI is InChI=1S/C14H20N6/c1-20-10-2-3-11(20)5-9(4-10)6-15-13-12-14(17-7-16-12)19-8-18-13/h7-11H,2-6H2,1H3,(H2,15,16,17,18,19). The number of aromatic amines is 1. The Morgan fingerprint density at radius 1 is 1.25 bits per heavy atom. The summed E-state index contributed by atoms with van der Waals surface area (Å²) in [5.41, 5.74) is 1.63. The molecule has 2 unspecified atom stereocenters. The third kappa shape index (κ3) is 1.95. The largest absolute Gasteiger partial charge is 0.368 e. The Bertz CT molecular complexity index is 594. The first kappa shape index (κ1) is 12.1. The first-order valence-electron chi connectivity index (χ1n) is 7.41. The van der Waals surface area contributed by atoms with Gasteiger partial charge in [-0.2, -0.15) is 0 Å². The molecule has 6 heteroatoms. The van der Waals surface area contributed by atoms with E-state index in [1.807, 2.05) is 0 Å². The Kier molecular flexibility index (Phi) is 2.84. The molecule has 2 saturated heterocycles. The lowest BCUT2D eigenvalue weighted by Crippen LogP contribution is -2.41. The van der Waals surface area contributed by atoms with E-state index in [0.29, 0.717) is 0 Å². The van der Waals surface area contributed by atoms with Gasteiger partial charge in [0.15, 0.2) is 11.5 Å². The van der Waals surface area contributed by atoms with Crippen molar-refractivity contribution in [3.05, 3.63) is 12.7 Å². The molecule has 0 amide bonds. The summed E-state index contributed by atoms with van der Waals surface area (Å²) in [4.78, 5) is 18.3. The van der Waals surface area contributed by atoms with Gasteiger partial charge in [-0.05, 0) is 38.6 Å². The molecule has 4 rings (SSSR count). The van der Waals surface area contributed by atoms with Crippen molar-refractivity contribution in [3.8, 4) is 0 Å². The number of H-pyrrole nitrogens is 1. The molecule has 0 spiro atoms. The summed E-state index contributed by atoms with van der Waals surface area (Å²) in [6, 6.07) is 1.58. The maximum atomic E-state index is 4.33. The molecule has 0 aliphatic carbocycles. The highest BCUT2D eigenvalue weighted by molar-refractivity contribution is 5.81. The number of hydrogen-bond acceptors (Lipinski definition) is 5. The normalized spacial score (nSPS) is 29.9. The number of rotatable bonds is 3. The monoisotopic (exact) mass is 272 g/mol. The van der Waals surface area contributed by atoms with Crippen LogP contribution in [0.4, 0.5) is 5.82 Å². The van der Waals surface area contributed by atoms with Gasteiger partial charge in [-0.25, -0.2) is 15.0 Å². The molecule has 4 heterocycles. The quantitative estimate of drug-likeness (QED) is 0.889. The van der Waals surface area contributed by atoms with E-state index in [9.17, 15) is 0 Å². The Balaban J connectivity index is 1.45. The van der Waals surface area contributed by atoms with Crippen molar-refractivity contribution >= 4 is 17.0 Å². The Morgan fingerprint density at radius 2 is 2.05 bits per heavy atom. The van der Waals surface area contributed by atoms with Crippen LogP contribution in [0.2, 0.25) is 0 Å². The van der Waals surface area contributed by atoms with E-state index in [2.05, 4.69) is 37.2 Å². The molecule has 2 fully saturated rings. The van der Waals surface area contributed by atoms with Crippen molar-refractivity contribution in [2.24, 2.45) is 5.92 Å². The number of imidazole rings is 1. The second-order valence-electron chi connectivity index (χ2n) is 6.09. The predicted octanol–water partition coefficient (Wildman–Crippen LogP) is 1.64. The topological polar surface area (TPSA) is 69.7 Å². The van der Waals surface area contributed by atoms with Crippen molar-refractivity contribution in [1.29, 1.82) is 0 Å². The first-order chi connectivity index (χ1) is 9.81. The summed E-state index contributed by atoms with van der Waals surface area (Å²) in [6.45, 7) is 0.992. The third-order valence-corrected chi connectivity index (χ3v) is 4.98. The lowest BCUT2D eigenvalue weighted by molar-refractivity contribution is 0.139. The van der Waals surface area contributed by atoms with E-state index in [4.69, 9.17) is 0 Å². The van der Waals surface area contributed by atoms with Gasteiger partial charge in [0, 0.05) is 18.6 Å². The number of nitrogens with zero attached hydrogens (tertiary/aromatic N) is 4. The summed E-state index contributed by atoms with van der Waals surface area (Å²) in [6.07, 6.45) is 8.59. The van der Waals surface area contributed by atoms with Crippen molar-refractivity contribution in [3.63, 3.8) is 0 Å². The lowest BCUT2D eigenvalue weighted by Gasteiger charge is -2.36. The van der Waals surface area contributed by atoms with Crippen molar-refractivity contribution in [1.82, 2.24) is 24.8 Å². The molecular formula is C14H20N6. The van der Waals surface area contributed by atoms with Crippen molar-refractivity contribution < 1.29 is 0 Å². The van der Waals surface area contributed by atoms with Gasteiger partial charge in [-0.1, -0.05) is 0 Å². The lowest BCUT2D eigenvalue weighted by atomic mass is 9.91. The third-order valence-electron chi connectivity index (χ3n) is 4.98. The number of piperidine rings is 1. The van der Waals surface area contributed by atoms with Crippen LogP contribution in [0, 0.1) is 5.92 Å². The fourth-order valence-corrected chi connectivity index (χ4v) is 3.83. The highest BCUT2D eigenvalue weighted by Gasteiger charge is 2.38. The molecule has 2 N–H and O–H groups in total. The van der Waals surface area contributed by atoms with Crippen LogP contribution in [0.1, 0.15) is 25.7 Å². The summed E-state index contributed by atoms with van der Waals surface area (Å²) in [7, 11) is 2.28. The summed E-state index contributed by atoms with van der Waals surface area (Å²) in [5, 5.41) is 3.49. The van der Waals surface area contributed by atoms with Gasteiger partial charge < -0.3 is 15.2 Å². The molecule has 2 bridgehead atoms. The van der Waals surface area contributed by atoms with Gasteiger partial charge in [0.1, 0.15) is 11.8 Å². The molecule has 2 aliphatic rings. The fourth-order valence-electron chi connectivity index (χ4n) is 3.83. The number of aromatic nitrogens is 4. The first-order valence-corrected chi connectivity index (χ1v) is 7.41. The van der Waals surface area contributed by atoms with Crippen LogP contribution in [-0.2, 0) is 0 Å². The minimum atomic E-state index is 0.728. The molecule has 6 nitrogen and oxygen atoms in total. The van der Waals surface area contributed by atoms with Gasteiger partial charge in [-0.3, -0.25) is 0 Å². The minimum Gasteiger partial charge on any atom is -0.368 e. The van der Waals surface area contributed by atoms with Crippen molar-refractivity contribution in [2.75, 3.05) is 18.9 Å². The van der Waals surface area contributed by atoms with Crippen LogP contribution in [0.15, 0.2) is 12.7 Å². The average molecular weight is 272 g/mol. The zero-order valence-corrected chi connectivity index (χ0v) is 11.7. The van der Waals surface area contributed by atoms with Gasteiger partial charge in [0.25, 0.3) is 0 Å². The highest BCUT2D eigenvalue weighted by Crippen LogP contribution is 2.37. The van der Waals surface area contributed by atoms with Crippen LogP contribution in [0.25, 0.3) is 11.2 Å². The van der Waals surface area contributed by atoms with E-state index in [0.717, 1.165) is 41.5 Å². The summed E-state index contributed by atoms with van der Waals surface area (Å²) >= 11 is 0.